The van der Waals surface area contributed by atoms with Gasteiger partial charge in [-0.3, -0.25) is 14.5 Å². The van der Waals surface area contributed by atoms with Crippen LogP contribution in [-0.4, -0.2) is 52.3 Å². The number of carbonyl (C=O) groups is 2. The van der Waals surface area contributed by atoms with Gasteiger partial charge in [-0.25, -0.2) is 13.1 Å². The highest BCUT2D eigenvalue weighted by molar-refractivity contribution is 7.89. The van der Waals surface area contributed by atoms with Crippen molar-refractivity contribution >= 4 is 27.9 Å². The average Bonchev–Trinajstić information content (AvgIpc) is 3.51. The van der Waals surface area contributed by atoms with E-state index in [0.717, 1.165) is 34.6 Å². The summed E-state index contributed by atoms with van der Waals surface area (Å²) in [6, 6.07) is 25.6. The maximum atomic E-state index is 14.0. The Balaban J connectivity index is 1.47. The van der Waals surface area contributed by atoms with Gasteiger partial charge in [0.1, 0.15) is 17.3 Å². The number of rotatable bonds is 7. The molecular formula is C37H35N5O4S. The lowest BCUT2D eigenvalue weighted by atomic mass is 9.93. The normalized spacial score (nSPS) is 18.6. The maximum absolute atomic E-state index is 14.0. The van der Waals surface area contributed by atoms with E-state index in [4.69, 9.17) is 5.10 Å². The zero-order chi connectivity index (χ0) is 33.3. The maximum Gasteiger partial charge on any atom is 0.271 e. The topological polar surface area (TPSA) is 116 Å². The smallest absolute Gasteiger partial charge is 0.269 e. The molecule has 0 spiro atoms. The summed E-state index contributed by atoms with van der Waals surface area (Å²) >= 11 is 0. The van der Waals surface area contributed by atoms with Crippen molar-refractivity contribution in [2.24, 2.45) is 5.92 Å². The highest BCUT2D eigenvalue weighted by atomic mass is 32.2. The number of aromatic nitrogens is 2. The molecule has 6 rings (SSSR count). The SMILES string of the molecule is CC1=C(C#N)C(=O)N(Cc2ccc(C)cc2)C(=O)/C1=C/c1cn(-c2ccccc2)nc1-c1cccc(S(=O)(=O)N2CCCC(C)C2)c1. The molecule has 2 aliphatic heterocycles. The second-order valence-electron chi connectivity index (χ2n) is 12.2. The van der Waals surface area contributed by atoms with Crippen LogP contribution >= 0.6 is 0 Å². The molecule has 0 radical (unpaired) electrons. The van der Waals surface area contributed by atoms with Gasteiger partial charge in [-0.2, -0.15) is 14.7 Å². The van der Waals surface area contributed by atoms with Gasteiger partial charge in [0.05, 0.1) is 17.1 Å². The van der Waals surface area contributed by atoms with Crippen LogP contribution in [0, 0.1) is 24.2 Å². The second kappa shape index (κ2) is 12.9. The fourth-order valence-electron chi connectivity index (χ4n) is 6.05. The molecule has 1 aromatic heterocycles. The molecule has 3 heterocycles. The molecule has 1 saturated heterocycles. The summed E-state index contributed by atoms with van der Waals surface area (Å²) in [6.07, 6.45) is 5.21. The molecule has 1 unspecified atom stereocenters. The van der Waals surface area contributed by atoms with Gasteiger partial charge < -0.3 is 0 Å². The average molecular weight is 646 g/mol. The van der Waals surface area contributed by atoms with E-state index in [1.54, 1.807) is 52.4 Å². The van der Waals surface area contributed by atoms with E-state index < -0.39 is 21.8 Å². The third-order valence-electron chi connectivity index (χ3n) is 8.71. The number of hydrogen-bond donors (Lipinski definition) is 0. The van der Waals surface area contributed by atoms with Gasteiger partial charge in [-0.15, -0.1) is 0 Å². The van der Waals surface area contributed by atoms with Crippen LogP contribution in [0.2, 0.25) is 0 Å². The molecule has 1 atom stereocenters. The number of nitriles is 1. The highest BCUT2D eigenvalue weighted by Crippen LogP contribution is 2.33. The molecule has 9 nitrogen and oxygen atoms in total. The van der Waals surface area contributed by atoms with Crippen molar-refractivity contribution in [3.63, 3.8) is 0 Å². The van der Waals surface area contributed by atoms with Gasteiger partial charge >= 0.3 is 0 Å². The zero-order valence-corrected chi connectivity index (χ0v) is 27.4. The number of amides is 2. The predicted octanol–water partition coefficient (Wildman–Crippen LogP) is 6.06. The fourth-order valence-corrected chi connectivity index (χ4v) is 7.70. The van der Waals surface area contributed by atoms with E-state index in [0.29, 0.717) is 29.9 Å². The number of hydrogen-bond acceptors (Lipinski definition) is 6. The summed E-state index contributed by atoms with van der Waals surface area (Å²) in [5, 5.41) is 14.8. The Kier molecular flexibility index (Phi) is 8.78. The Morgan fingerprint density at radius 1 is 0.979 bits per heavy atom. The van der Waals surface area contributed by atoms with Crippen molar-refractivity contribution in [3.05, 3.63) is 118 Å². The van der Waals surface area contributed by atoms with Crippen LogP contribution < -0.4 is 0 Å². The second-order valence-corrected chi connectivity index (χ2v) is 14.1. The Hall–Kier alpha value is -5.11. The molecule has 0 N–H and O–H groups in total. The van der Waals surface area contributed by atoms with Gasteiger partial charge in [-0.1, -0.05) is 67.1 Å². The first-order chi connectivity index (χ1) is 22.6. The number of sulfonamides is 1. The van der Waals surface area contributed by atoms with Crippen molar-refractivity contribution in [1.82, 2.24) is 19.0 Å². The number of benzene rings is 3. The number of piperidine rings is 1. The van der Waals surface area contributed by atoms with E-state index in [1.807, 2.05) is 67.6 Å². The first-order valence-corrected chi connectivity index (χ1v) is 17.0. The fraction of sp³-hybridized carbons (Fsp3) is 0.243. The molecule has 47 heavy (non-hydrogen) atoms. The molecule has 4 aromatic rings. The number of nitrogens with zero attached hydrogens (tertiary/aromatic N) is 5. The monoisotopic (exact) mass is 645 g/mol. The van der Waals surface area contributed by atoms with Crippen molar-refractivity contribution < 1.29 is 18.0 Å². The van der Waals surface area contributed by atoms with Crippen LogP contribution in [0.1, 0.15) is 43.4 Å². The van der Waals surface area contributed by atoms with Gasteiger partial charge in [-0.05, 0) is 74.1 Å². The lowest BCUT2D eigenvalue weighted by Gasteiger charge is -2.30. The molecule has 238 valence electrons. The summed E-state index contributed by atoms with van der Waals surface area (Å²) in [5.74, 6) is -0.888. The van der Waals surface area contributed by atoms with Crippen molar-refractivity contribution in [3.8, 4) is 23.0 Å². The zero-order valence-electron chi connectivity index (χ0n) is 26.6. The number of imide groups is 1. The minimum absolute atomic E-state index is 0.0128. The van der Waals surface area contributed by atoms with Crippen LogP contribution in [0.5, 0.6) is 0 Å². The Labute approximate surface area is 275 Å². The van der Waals surface area contributed by atoms with Gasteiger partial charge in [0.15, 0.2) is 0 Å². The summed E-state index contributed by atoms with van der Waals surface area (Å²) in [6.45, 7) is 6.57. The van der Waals surface area contributed by atoms with Gasteiger partial charge in [0.25, 0.3) is 11.8 Å². The summed E-state index contributed by atoms with van der Waals surface area (Å²) in [5.41, 5.74) is 4.45. The van der Waals surface area contributed by atoms with Crippen molar-refractivity contribution in [2.45, 2.75) is 45.1 Å². The van der Waals surface area contributed by atoms with Crippen LogP contribution in [0.15, 0.2) is 107 Å². The predicted molar refractivity (Wildman–Crippen MR) is 179 cm³/mol. The van der Waals surface area contributed by atoms with E-state index in [2.05, 4.69) is 6.92 Å². The highest BCUT2D eigenvalue weighted by Gasteiger charge is 2.36. The Bertz CT molecular complexity index is 2070. The quantitative estimate of drug-likeness (QED) is 0.178. The summed E-state index contributed by atoms with van der Waals surface area (Å²) in [4.78, 5) is 28.6. The van der Waals surface area contributed by atoms with Gasteiger partial charge in [0.2, 0.25) is 10.0 Å². The third-order valence-corrected chi connectivity index (χ3v) is 10.6. The summed E-state index contributed by atoms with van der Waals surface area (Å²) < 4.78 is 30.6. The third kappa shape index (κ3) is 6.32. The van der Waals surface area contributed by atoms with E-state index in [9.17, 15) is 23.3 Å². The lowest BCUT2D eigenvalue weighted by molar-refractivity contribution is -0.141. The van der Waals surface area contributed by atoms with Gasteiger partial charge in [0, 0.05) is 36.0 Å². The summed E-state index contributed by atoms with van der Waals surface area (Å²) in [7, 11) is -3.74. The Morgan fingerprint density at radius 2 is 1.72 bits per heavy atom. The van der Waals surface area contributed by atoms with Crippen molar-refractivity contribution in [2.75, 3.05) is 13.1 Å². The molecule has 0 bridgehead atoms. The lowest BCUT2D eigenvalue weighted by Crippen LogP contribution is -2.42. The molecule has 0 aliphatic carbocycles. The molecule has 2 aliphatic rings. The number of aryl methyl sites for hydroxylation is 1. The molecule has 0 saturated carbocycles. The first-order valence-electron chi connectivity index (χ1n) is 15.6. The molecule has 2 amide bonds. The number of para-hydroxylation sites is 1. The Morgan fingerprint density at radius 3 is 2.43 bits per heavy atom. The van der Waals surface area contributed by atoms with Crippen LogP contribution in [0.25, 0.3) is 23.0 Å². The van der Waals surface area contributed by atoms with E-state index in [-0.39, 0.29) is 34.1 Å². The molecule has 10 heteroatoms. The molecular weight excluding hydrogens is 611 g/mol. The first kappa shape index (κ1) is 31.9. The largest absolute Gasteiger partial charge is 0.271 e. The van der Waals surface area contributed by atoms with E-state index >= 15 is 0 Å². The van der Waals surface area contributed by atoms with Crippen molar-refractivity contribution in [1.29, 1.82) is 5.26 Å². The number of carbonyl (C=O) groups excluding carboxylic acids is 2. The minimum Gasteiger partial charge on any atom is -0.269 e. The van der Waals surface area contributed by atoms with Crippen LogP contribution in [-0.2, 0) is 26.2 Å². The molecule has 3 aromatic carbocycles. The van der Waals surface area contributed by atoms with Crippen LogP contribution in [0.4, 0.5) is 0 Å². The standard InChI is InChI=1S/C37H35N5O4S/c1-25-14-16-28(17-15-25)23-41-36(43)33(27(3)34(21-38)37(41)44)20-30-24-42(31-11-5-4-6-12-31)39-35(30)29-10-7-13-32(19-29)47(45,46)40-18-8-9-26(2)22-40/h4-7,10-17,19-20,24,26H,8-9,18,22-23H2,1-3H3/b33-20+. The molecule has 1 fully saturated rings. The van der Waals surface area contributed by atoms with E-state index in [1.165, 1.54) is 0 Å². The van der Waals surface area contributed by atoms with Crippen LogP contribution in [0.3, 0.4) is 0 Å². The minimum atomic E-state index is -3.74.